The van der Waals surface area contributed by atoms with Gasteiger partial charge in [0.2, 0.25) is 5.95 Å². The summed E-state index contributed by atoms with van der Waals surface area (Å²) < 4.78 is 2.26. The average molecular weight is 278 g/mol. The third-order valence-corrected chi connectivity index (χ3v) is 4.33. The summed E-state index contributed by atoms with van der Waals surface area (Å²) in [6.45, 7) is 11.2. The quantitative estimate of drug-likeness (QED) is 0.830. The third-order valence-electron chi connectivity index (χ3n) is 4.33. The summed E-state index contributed by atoms with van der Waals surface area (Å²) in [4.78, 5) is 7.01. The summed E-state index contributed by atoms with van der Waals surface area (Å²) in [6, 6.07) is 1.80. The monoisotopic (exact) mass is 278 g/mol. The number of hydrogen-bond acceptors (Lipinski definition) is 3. The number of aromatic nitrogens is 2. The maximum Gasteiger partial charge on any atom is 0.203 e. The van der Waals surface area contributed by atoms with Gasteiger partial charge in [-0.2, -0.15) is 0 Å². The van der Waals surface area contributed by atoms with E-state index in [2.05, 4.69) is 53.7 Å². The van der Waals surface area contributed by atoms with E-state index in [0.29, 0.717) is 18.1 Å². The van der Waals surface area contributed by atoms with Crippen molar-refractivity contribution >= 4 is 5.95 Å². The van der Waals surface area contributed by atoms with Crippen molar-refractivity contribution in [2.75, 3.05) is 11.9 Å². The molecule has 0 atom stereocenters. The van der Waals surface area contributed by atoms with Crippen molar-refractivity contribution < 1.29 is 0 Å². The van der Waals surface area contributed by atoms with Crippen LogP contribution < -0.4 is 5.32 Å². The summed E-state index contributed by atoms with van der Waals surface area (Å²) in [6.07, 6.45) is 9.29. The van der Waals surface area contributed by atoms with Gasteiger partial charge in [0.05, 0.1) is 0 Å². The maximum atomic E-state index is 4.48. The van der Waals surface area contributed by atoms with Crippen molar-refractivity contribution in [3.05, 3.63) is 12.4 Å². The number of hydrogen-bond donors (Lipinski definition) is 1. The summed E-state index contributed by atoms with van der Waals surface area (Å²) in [7, 11) is 0. The second-order valence-corrected chi connectivity index (χ2v) is 6.50. The molecule has 2 rings (SSSR count). The van der Waals surface area contributed by atoms with Gasteiger partial charge < -0.3 is 9.88 Å². The molecule has 1 fully saturated rings. The molecule has 1 heterocycles. The van der Waals surface area contributed by atoms with Crippen LogP contribution in [0.1, 0.15) is 53.4 Å². The number of rotatable bonds is 7. The Balaban J connectivity index is 1.90. The fourth-order valence-electron chi connectivity index (χ4n) is 3.22. The van der Waals surface area contributed by atoms with Crippen LogP contribution in [0.3, 0.4) is 0 Å². The van der Waals surface area contributed by atoms with Gasteiger partial charge in [0.25, 0.3) is 0 Å². The zero-order chi connectivity index (χ0) is 14.5. The molecule has 4 heteroatoms. The number of anilines is 1. The lowest BCUT2D eigenvalue weighted by Gasteiger charge is -2.30. The first kappa shape index (κ1) is 15.4. The van der Waals surface area contributed by atoms with E-state index in [0.717, 1.165) is 19.0 Å². The molecule has 1 saturated carbocycles. The molecule has 0 bridgehead atoms. The average Bonchev–Trinajstić information content (AvgIpc) is 3.01. The Morgan fingerprint density at radius 3 is 2.50 bits per heavy atom. The van der Waals surface area contributed by atoms with Crippen molar-refractivity contribution in [1.82, 2.24) is 14.5 Å². The molecule has 114 valence electrons. The molecule has 0 unspecified atom stereocenters. The van der Waals surface area contributed by atoms with Gasteiger partial charge in [-0.15, -0.1) is 0 Å². The molecule has 1 aliphatic rings. The lowest BCUT2D eigenvalue weighted by Crippen LogP contribution is -2.39. The molecule has 0 radical (unpaired) electrons. The van der Waals surface area contributed by atoms with Gasteiger partial charge in [-0.25, -0.2) is 4.98 Å². The molecule has 1 aromatic rings. The first-order valence-corrected chi connectivity index (χ1v) is 8.11. The Kier molecular flexibility index (Phi) is 5.46. The van der Waals surface area contributed by atoms with Crippen molar-refractivity contribution in [3.8, 4) is 0 Å². The van der Waals surface area contributed by atoms with Crippen LogP contribution in [-0.4, -0.2) is 39.1 Å². The summed E-state index contributed by atoms with van der Waals surface area (Å²) in [5.41, 5.74) is 0. The van der Waals surface area contributed by atoms with Crippen LogP contribution >= 0.6 is 0 Å². The van der Waals surface area contributed by atoms with Crippen molar-refractivity contribution in [3.63, 3.8) is 0 Å². The zero-order valence-electron chi connectivity index (χ0n) is 13.5. The normalized spacial score (nSPS) is 16.8. The predicted octanol–water partition coefficient (Wildman–Crippen LogP) is 3.36. The van der Waals surface area contributed by atoms with Gasteiger partial charge in [0.15, 0.2) is 0 Å². The molecular weight excluding hydrogens is 248 g/mol. The molecule has 0 aromatic carbocycles. The van der Waals surface area contributed by atoms with Crippen LogP contribution in [0.4, 0.5) is 5.95 Å². The minimum atomic E-state index is 0.588. The first-order valence-electron chi connectivity index (χ1n) is 8.11. The lowest BCUT2D eigenvalue weighted by molar-refractivity contribution is 0.168. The zero-order valence-corrected chi connectivity index (χ0v) is 13.5. The van der Waals surface area contributed by atoms with E-state index in [4.69, 9.17) is 0 Å². The van der Waals surface area contributed by atoms with Gasteiger partial charge in [0.1, 0.15) is 0 Å². The number of nitrogens with one attached hydrogen (secondary N) is 1. The van der Waals surface area contributed by atoms with Crippen LogP contribution in [-0.2, 0) is 6.54 Å². The van der Waals surface area contributed by atoms with E-state index in [1.165, 1.54) is 25.7 Å². The summed E-state index contributed by atoms with van der Waals surface area (Å²) >= 11 is 0. The van der Waals surface area contributed by atoms with Gasteiger partial charge >= 0.3 is 0 Å². The molecule has 1 aliphatic carbocycles. The topological polar surface area (TPSA) is 33.1 Å². The van der Waals surface area contributed by atoms with Crippen molar-refractivity contribution in [2.24, 2.45) is 0 Å². The van der Waals surface area contributed by atoms with Crippen LogP contribution in [0.25, 0.3) is 0 Å². The molecule has 0 spiro atoms. The second-order valence-electron chi connectivity index (χ2n) is 6.50. The summed E-state index contributed by atoms with van der Waals surface area (Å²) in [5.74, 6) is 1.05. The maximum absolute atomic E-state index is 4.48. The Labute approximate surface area is 123 Å². The largest absolute Gasteiger partial charge is 0.353 e. The van der Waals surface area contributed by atoms with Crippen LogP contribution in [0.15, 0.2) is 12.4 Å². The first-order chi connectivity index (χ1) is 9.58. The molecule has 0 amide bonds. The van der Waals surface area contributed by atoms with Gasteiger partial charge in [-0.05, 0) is 40.5 Å². The Bertz CT molecular complexity index is 383. The smallest absolute Gasteiger partial charge is 0.203 e. The van der Waals surface area contributed by atoms with Gasteiger partial charge in [-0.3, -0.25) is 4.90 Å². The minimum absolute atomic E-state index is 0.588. The van der Waals surface area contributed by atoms with Crippen LogP contribution in [0, 0.1) is 0 Å². The Morgan fingerprint density at radius 2 is 1.90 bits per heavy atom. The Hall–Kier alpha value is -1.03. The fraction of sp³-hybridized carbons (Fsp3) is 0.812. The predicted molar refractivity (Wildman–Crippen MR) is 85.1 cm³/mol. The fourth-order valence-corrected chi connectivity index (χ4v) is 3.22. The minimum Gasteiger partial charge on any atom is -0.353 e. The molecule has 4 nitrogen and oxygen atoms in total. The van der Waals surface area contributed by atoms with Crippen molar-refractivity contribution in [2.45, 2.75) is 78.0 Å². The Morgan fingerprint density at radius 1 is 1.25 bits per heavy atom. The van der Waals surface area contributed by atoms with E-state index >= 15 is 0 Å². The highest BCUT2D eigenvalue weighted by Crippen LogP contribution is 2.21. The van der Waals surface area contributed by atoms with Gasteiger partial charge in [0, 0.05) is 43.6 Å². The standard InChI is InChI=1S/C16H30N4/c1-13(2)20(14(3)4)12-11-19-10-9-17-16(19)18-15-7-5-6-8-15/h9-10,13-15H,5-8,11-12H2,1-4H3,(H,17,18). The van der Waals surface area contributed by atoms with E-state index in [-0.39, 0.29) is 0 Å². The van der Waals surface area contributed by atoms with E-state index in [9.17, 15) is 0 Å². The van der Waals surface area contributed by atoms with Crippen LogP contribution in [0.5, 0.6) is 0 Å². The third kappa shape index (κ3) is 3.98. The van der Waals surface area contributed by atoms with E-state index in [1.807, 2.05) is 6.20 Å². The number of nitrogens with zero attached hydrogens (tertiary/aromatic N) is 3. The summed E-state index contributed by atoms with van der Waals surface area (Å²) in [5, 5.41) is 3.60. The molecule has 0 saturated heterocycles. The number of imidazole rings is 1. The molecule has 1 aromatic heterocycles. The molecule has 20 heavy (non-hydrogen) atoms. The highest BCUT2D eigenvalue weighted by atomic mass is 15.2. The van der Waals surface area contributed by atoms with E-state index < -0.39 is 0 Å². The SMILES string of the molecule is CC(C)N(CCn1ccnc1NC1CCCC1)C(C)C. The molecule has 0 aliphatic heterocycles. The molecule has 1 N–H and O–H groups in total. The molecular formula is C16H30N4. The van der Waals surface area contributed by atoms with E-state index in [1.54, 1.807) is 0 Å². The lowest BCUT2D eigenvalue weighted by atomic mass is 10.2. The highest BCUT2D eigenvalue weighted by molar-refractivity contribution is 5.27. The van der Waals surface area contributed by atoms with Crippen LogP contribution in [0.2, 0.25) is 0 Å². The highest BCUT2D eigenvalue weighted by Gasteiger charge is 2.17. The van der Waals surface area contributed by atoms with Gasteiger partial charge in [-0.1, -0.05) is 12.8 Å². The van der Waals surface area contributed by atoms with Crippen molar-refractivity contribution in [1.29, 1.82) is 0 Å². The second kappa shape index (κ2) is 7.11.